The predicted octanol–water partition coefficient (Wildman–Crippen LogP) is 2.79. The molecule has 35 heavy (non-hydrogen) atoms. The molecular weight excluding hydrogens is 472 g/mol. The van der Waals surface area contributed by atoms with Gasteiger partial charge in [0, 0.05) is 39.3 Å². The average Bonchev–Trinajstić information content (AvgIpc) is 3.33. The third kappa shape index (κ3) is 4.90. The number of carbonyl (C=O) groups is 1. The summed E-state index contributed by atoms with van der Waals surface area (Å²) in [4.78, 5) is 16.5. The Morgan fingerprint density at radius 2 is 1.69 bits per heavy atom. The molecule has 0 spiro atoms. The highest BCUT2D eigenvalue weighted by atomic mass is 32.2. The smallest absolute Gasteiger partial charge is 0.276 e. The van der Waals surface area contributed by atoms with Crippen molar-refractivity contribution in [3.8, 4) is 11.5 Å². The van der Waals surface area contributed by atoms with E-state index in [1.165, 1.54) is 17.4 Å². The molecule has 1 saturated heterocycles. The van der Waals surface area contributed by atoms with E-state index >= 15 is 0 Å². The summed E-state index contributed by atoms with van der Waals surface area (Å²) in [7, 11) is 0.782. The van der Waals surface area contributed by atoms with Gasteiger partial charge in [0.1, 0.15) is 17.3 Å². The molecule has 2 aromatic carbocycles. The Morgan fingerprint density at radius 3 is 2.26 bits per heavy atom. The minimum Gasteiger partial charge on any atom is -0.497 e. The number of aryl methyl sites for hydroxylation is 1. The second kappa shape index (κ2) is 9.87. The van der Waals surface area contributed by atoms with Crippen molar-refractivity contribution in [3.05, 3.63) is 60.0 Å². The molecular formula is C24H28N4O6S. The largest absolute Gasteiger partial charge is 0.497 e. The Labute approximate surface area is 204 Å². The van der Waals surface area contributed by atoms with E-state index < -0.39 is 10.0 Å². The highest BCUT2D eigenvalue weighted by Gasteiger charge is 2.28. The second-order valence-electron chi connectivity index (χ2n) is 8.11. The maximum absolute atomic E-state index is 13.4. The molecule has 0 bridgehead atoms. The van der Waals surface area contributed by atoms with E-state index in [1.807, 2.05) is 4.90 Å². The van der Waals surface area contributed by atoms with Gasteiger partial charge >= 0.3 is 0 Å². The first-order valence-electron chi connectivity index (χ1n) is 11.0. The number of hydrogen-bond acceptors (Lipinski definition) is 8. The van der Waals surface area contributed by atoms with Crippen LogP contribution in [0.15, 0.2) is 57.9 Å². The third-order valence-electron chi connectivity index (χ3n) is 6.00. The van der Waals surface area contributed by atoms with Gasteiger partial charge in [-0.05, 0) is 49.4 Å². The van der Waals surface area contributed by atoms with Crippen LogP contribution in [0.3, 0.4) is 0 Å². The minimum absolute atomic E-state index is 0.142. The maximum Gasteiger partial charge on any atom is 0.276 e. The van der Waals surface area contributed by atoms with E-state index in [2.05, 4.69) is 5.16 Å². The molecule has 11 heteroatoms. The van der Waals surface area contributed by atoms with Crippen LogP contribution in [-0.2, 0) is 10.0 Å². The van der Waals surface area contributed by atoms with Gasteiger partial charge in [-0.1, -0.05) is 5.16 Å². The average molecular weight is 501 g/mol. The molecule has 1 aliphatic heterocycles. The first-order chi connectivity index (χ1) is 16.7. The van der Waals surface area contributed by atoms with E-state index in [0.29, 0.717) is 54.8 Å². The van der Waals surface area contributed by atoms with Crippen LogP contribution in [0.2, 0.25) is 0 Å². The van der Waals surface area contributed by atoms with Crippen molar-refractivity contribution in [2.75, 3.05) is 56.7 Å². The Kier molecular flexibility index (Phi) is 6.88. The van der Waals surface area contributed by atoms with Crippen molar-refractivity contribution >= 4 is 27.3 Å². The van der Waals surface area contributed by atoms with Crippen LogP contribution in [-0.4, -0.2) is 71.8 Å². The van der Waals surface area contributed by atoms with Crippen molar-refractivity contribution < 1.29 is 27.2 Å². The van der Waals surface area contributed by atoms with Crippen molar-refractivity contribution in [1.82, 2.24) is 10.1 Å². The third-order valence-corrected chi connectivity index (χ3v) is 7.78. The summed E-state index contributed by atoms with van der Waals surface area (Å²) in [6.45, 7) is 3.67. The topological polar surface area (TPSA) is 105 Å². The molecule has 0 atom stereocenters. The molecule has 0 N–H and O–H groups in total. The number of benzene rings is 2. The Bertz CT molecular complexity index is 1300. The molecule has 0 unspecified atom stereocenters. The molecule has 0 aliphatic carbocycles. The van der Waals surface area contributed by atoms with Gasteiger partial charge in [-0.3, -0.25) is 9.10 Å². The lowest BCUT2D eigenvalue weighted by Gasteiger charge is -2.36. The fourth-order valence-corrected chi connectivity index (χ4v) is 5.16. The number of aromatic nitrogens is 1. The van der Waals surface area contributed by atoms with Crippen molar-refractivity contribution in [1.29, 1.82) is 0 Å². The van der Waals surface area contributed by atoms with E-state index in [0.717, 1.165) is 0 Å². The first kappa shape index (κ1) is 24.4. The molecule has 0 radical (unpaired) electrons. The van der Waals surface area contributed by atoms with Crippen LogP contribution in [0.4, 0.5) is 11.4 Å². The minimum atomic E-state index is -3.83. The number of piperazine rings is 1. The first-order valence-corrected chi connectivity index (χ1v) is 12.5. The predicted molar refractivity (Wildman–Crippen MR) is 131 cm³/mol. The Morgan fingerprint density at radius 1 is 1.00 bits per heavy atom. The lowest BCUT2D eigenvalue weighted by Crippen LogP contribution is -2.49. The standard InChI is InChI=1S/C24H28N4O6S/c1-17-15-21(25-34-17)24(29)28-13-11-27(12-14-28)22-16-20(9-10-23(22)33-4)35(30,31)26(2)18-5-7-19(32-3)8-6-18/h5-10,15-16H,11-14H2,1-4H3. The molecule has 0 saturated carbocycles. The zero-order valence-electron chi connectivity index (χ0n) is 20.1. The molecule has 1 aromatic heterocycles. The molecule has 186 valence electrons. The molecule has 10 nitrogen and oxygen atoms in total. The van der Waals surface area contributed by atoms with Gasteiger partial charge in [0.2, 0.25) is 0 Å². The zero-order valence-corrected chi connectivity index (χ0v) is 20.9. The number of anilines is 2. The number of sulfonamides is 1. The summed E-state index contributed by atoms with van der Waals surface area (Å²) in [5, 5.41) is 3.81. The van der Waals surface area contributed by atoms with E-state index in [4.69, 9.17) is 14.0 Å². The molecule has 1 amide bonds. The Hall–Kier alpha value is -3.73. The van der Waals surface area contributed by atoms with Crippen LogP contribution >= 0.6 is 0 Å². The van der Waals surface area contributed by atoms with Gasteiger partial charge in [0.25, 0.3) is 15.9 Å². The number of ether oxygens (including phenoxy) is 2. The number of hydrogen-bond donors (Lipinski definition) is 0. The van der Waals surface area contributed by atoms with Crippen LogP contribution in [0.25, 0.3) is 0 Å². The second-order valence-corrected chi connectivity index (χ2v) is 10.1. The van der Waals surface area contributed by atoms with E-state index in [9.17, 15) is 13.2 Å². The van der Waals surface area contributed by atoms with Gasteiger partial charge in [0.15, 0.2) is 5.69 Å². The van der Waals surface area contributed by atoms with Crippen LogP contribution in [0.5, 0.6) is 11.5 Å². The lowest BCUT2D eigenvalue weighted by atomic mass is 10.2. The number of carbonyl (C=O) groups excluding carboxylic acids is 1. The number of rotatable bonds is 7. The van der Waals surface area contributed by atoms with Crippen molar-refractivity contribution in [3.63, 3.8) is 0 Å². The lowest BCUT2D eigenvalue weighted by molar-refractivity contribution is 0.0736. The van der Waals surface area contributed by atoms with Crippen LogP contribution in [0.1, 0.15) is 16.2 Å². The summed E-state index contributed by atoms with van der Waals surface area (Å²) in [5.74, 6) is 1.59. The van der Waals surface area contributed by atoms with Gasteiger partial charge < -0.3 is 23.8 Å². The highest BCUT2D eigenvalue weighted by molar-refractivity contribution is 7.92. The van der Waals surface area contributed by atoms with Crippen molar-refractivity contribution in [2.24, 2.45) is 0 Å². The molecule has 4 rings (SSSR count). The molecule has 3 aromatic rings. The summed E-state index contributed by atoms with van der Waals surface area (Å²) < 4.78 is 43.7. The monoisotopic (exact) mass is 500 g/mol. The molecule has 1 aliphatic rings. The van der Waals surface area contributed by atoms with Crippen LogP contribution < -0.4 is 18.7 Å². The Balaban J connectivity index is 1.54. The van der Waals surface area contributed by atoms with Crippen molar-refractivity contribution in [2.45, 2.75) is 11.8 Å². The summed E-state index contributed by atoms with van der Waals surface area (Å²) in [5.41, 5.74) is 1.45. The number of nitrogens with zero attached hydrogens (tertiary/aromatic N) is 4. The SMILES string of the molecule is COc1ccc(N(C)S(=O)(=O)c2ccc(OC)c(N3CCN(C(=O)c4cc(C)on4)CC3)c2)cc1. The van der Waals surface area contributed by atoms with Gasteiger partial charge in [0.05, 0.1) is 30.5 Å². The van der Waals surface area contributed by atoms with Gasteiger partial charge in [-0.15, -0.1) is 0 Å². The highest BCUT2D eigenvalue weighted by Crippen LogP contribution is 2.34. The number of amides is 1. The summed E-state index contributed by atoms with van der Waals surface area (Å²) in [6.07, 6.45) is 0. The molecule has 1 fully saturated rings. The fourth-order valence-electron chi connectivity index (χ4n) is 3.95. The molecule has 2 heterocycles. The fraction of sp³-hybridized carbons (Fsp3) is 0.333. The maximum atomic E-state index is 13.4. The van der Waals surface area contributed by atoms with Crippen LogP contribution in [0, 0.1) is 6.92 Å². The van der Waals surface area contributed by atoms with Gasteiger partial charge in [-0.2, -0.15) is 0 Å². The van der Waals surface area contributed by atoms with Gasteiger partial charge in [-0.25, -0.2) is 8.42 Å². The summed E-state index contributed by atoms with van der Waals surface area (Å²) in [6, 6.07) is 13.2. The quantitative estimate of drug-likeness (QED) is 0.488. The van der Waals surface area contributed by atoms with E-state index in [1.54, 1.807) is 68.5 Å². The number of methoxy groups -OCH3 is 2. The van der Waals surface area contributed by atoms with E-state index in [-0.39, 0.29) is 16.5 Å². The normalized spacial score (nSPS) is 14.1. The zero-order chi connectivity index (χ0) is 25.2. The summed E-state index contributed by atoms with van der Waals surface area (Å²) >= 11 is 0.